The molecule has 2 N–H and O–H groups in total. The predicted molar refractivity (Wildman–Crippen MR) is 59.5 cm³/mol. The van der Waals surface area contributed by atoms with Crippen LogP contribution in [0.4, 0.5) is 4.79 Å². The first-order valence-electron chi connectivity index (χ1n) is 5.13. The molecule has 0 spiro atoms. The largest absolute Gasteiger partial charge is 0.444 e. The lowest BCUT2D eigenvalue weighted by Crippen LogP contribution is -2.68. The summed E-state index contributed by atoms with van der Waals surface area (Å²) in [6.07, 6.45) is 2.23. The summed E-state index contributed by atoms with van der Waals surface area (Å²) in [6.45, 7) is 10.3. The number of amides is 1. The predicted octanol–water partition coefficient (Wildman–Crippen LogP) is 1.51. The molecule has 0 saturated carbocycles. The fraction of sp³-hybridized carbons (Fsp3) is 0.727. The molecular weight excluding hydrogens is 192 g/mol. The highest BCUT2D eigenvalue weighted by molar-refractivity contribution is 5.69. The van der Waals surface area contributed by atoms with Gasteiger partial charge in [-0.2, -0.15) is 0 Å². The second kappa shape index (κ2) is 3.85. The van der Waals surface area contributed by atoms with E-state index in [1.54, 1.807) is 11.0 Å². The van der Waals surface area contributed by atoms with Crippen LogP contribution in [-0.2, 0) is 4.74 Å². The number of ether oxygens (including phenoxy) is 1. The van der Waals surface area contributed by atoms with Crippen molar-refractivity contribution in [3.63, 3.8) is 0 Å². The smallest absolute Gasteiger partial charge is 0.410 e. The molecule has 86 valence electrons. The van der Waals surface area contributed by atoms with E-state index in [2.05, 4.69) is 6.58 Å². The van der Waals surface area contributed by atoms with Gasteiger partial charge in [0, 0.05) is 13.1 Å². The lowest BCUT2D eigenvalue weighted by molar-refractivity contribution is -0.00739. The van der Waals surface area contributed by atoms with Crippen LogP contribution in [0.3, 0.4) is 0 Å². The second-order valence-corrected chi connectivity index (χ2v) is 5.19. The van der Waals surface area contributed by atoms with Crippen LogP contribution in [0.5, 0.6) is 0 Å². The monoisotopic (exact) mass is 212 g/mol. The van der Waals surface area contributed by atoms with E-state index in [1.807, 2.05) is 20.8 Å². The summed E-state index contributed by atoms with van der Waals surface area (Å²) in [7, 11) is 0. The van der Waals surface area contributed by atoms with E-state index in [0.717, 1.165) is 6.42 Å². The first-order chi connectivity index (χ1) is 6.76. The molecule has 0 radical (unpaired) electrons. The molecule has 1 aliphatic heterocycles. The first-order valence-corrected chi connectivity index (χ1v) is 5.13. The van der Waals surface area contributed by atoms with Gasteiger partial charge in [-0.15, -0.1) is 6.58 Å². The number of carbonyl (C=O) groups is 1. The second-order valence-electron chi connectivity index (χ2n) is 5.19. The van der Waals surface area contributed by atoms with Crippen LogP contribution in [0, 0.1) is 0 Å². The van der Waals surface area contributed by atoms with E-state index < -0.39 is 5.60 Å². The topological polar surface area (TPSA) is 55.6 Å². The maximum Gasteiger partial charge on any atom is 0.410 e. The lowest BCUT2D eigenvalue weighted by Gasteiger charge is -2.47. The van der Waals surface area contributed by atoms with Crippen LogP contribution in [-0.4, -0.2) is 35.2 Å². The zero-order valence-corrected chi connectivity index (χ0v) is 9.75. The third-order valence-corrected chi connectivity index (χ3v) is 2.21. The highest BCUT2D eigenvalue weighted by Gasteiger charge is 2.42. The lowest BCUT2D eigenvalue weighted by atomic mass is 9.88. The van der Waals surface area contributed by atoms with Gasteiger partial charge in [0.25, 0.3) is 0 Å². The number of hydrogen-bond donors (Lipinski definition) is 1. The quantitative estimate of drug-likeness (QED) is 0.706. The Bertz CT molecular complexity index is 262. The number of carbonyl (C=O) groups excluding carboxylic acids is 1. The summed E-state index contributed by atoms with van der Waals surface area (Å²) < 4.78 is 5.22. The van der Waals surface area contributed by atoms with E-state index in [4.69, 9.17) is 10.5 Å². The van der Waals surface area contributed by atoms with Gasteiger partial charge in [-0.25, -0.2) is 4.79 Å². The fourth-order valence-electron chi connectivity index (χ4n) is 1.59. The molecule has 0 aromatic rings. The number of nitrogens with zero attached hydrogens (tertiary/aromatic N) is 1. The van der Waals surface area contributed by atoms with Gasteiger partial charge in [-0.3, -0.25) is 0 Å². The zero-order valence-electron chi connectivity index (χ0n) is 9.75. The zero-order chi connectivity index (χ0) is 11.7. The summed E-state index contributed by atoms with van der Waals surface area (Å²) in [4.78, 5) is 13.2. The molecule has 4 nitrogen and oxygen atoms in total. The SMILES string of the molecule is C=CCC1(N)CN(C(=O)OC(C)(C)C)C1. The molecule has 0 aromatic carbocycles. The first kappa shape index (κ1) is 12.0. The molecule has 0 aliphatic carbocycles. The van der Waals surface area contributed by atoms with E-state index in [-0.39, 0.29) is 11.6 Å². The average molecular weight is 212 g/mol. The normalized spacial score (nSPS) is 19.3. The number of rotatable bonds is 2. The Morgan fingerprint density at radius 3 is 2.53 bits per heavy atom. The highest BCUT2D eigenvalue weighted by atomic mass is 16.6. The van der Waals surface area contributed by atoms with Crippen molar-refractivity contribution in [3.8, 4) is 0 Å². The molecule has 0 aromatic heterocycles. The minimum atomic E-state index is -0.442. The Kier molecular flexibility index (Phi) is 3.09. The van der Waals surface area contributed by atoms with Crippen molar-refractivity contribution >= 4 is 6.09 Å². The third kappa shape index (κ3) is 3.23. The van der Waals surface area contributed by atoms with Gasteiger partial charge in [0.05, 0.1) is 5.54 Å². The summed E-state index contributed by atoms with van der Waals surface area (Å²) in [5.41, 5.74) is 5.25. The molecule has 0 bridgehead atoms. The summed E-state index contributed by atoms with van der Waals surface area (Å²) in [5, 5.41) is 0. The molecule has 0 atom stereocenters. The Labute approximate surface area is 91.1 Å². The number of nitrogens with two attached hydrogens (primary N) is 1. The van der Waals surface area contributed by atoms with Crippen LogP contribution in [0.1, 0.15) is 27.2 Å². The van der Waals surface area contributed by atoms with Crippen LogP contribution in [0.2, 0.25) is 0 Å². The summed E-state index contributed by atoms with van der Waals surface area (Å²) in [6, 6.07) is 0. The van der Waals surface area contributed by atoms with Gasteiger partial charge >= 0.3 is 6.09 Å². The molecule has 4 heteroatoms. The van der Waals surface area contributed by atoms with Gasteiger partial charge in [0.2, 0.25) is 0 Å². The molecular formula is C11H20N2O2. The Hall–Kier alpha value is -1.03. The van der Waals surface area contributed by atoms with Crippen molar-refractivity contribution in [2.24, 2.45) is 5.73 Å². The highest BCUT2D eigenvalue weighted by Crippen LogP contribution is 2.24. The van der Waals surface area contributed by atoms with Crippen molar-refractivity contribution in [2.45, 2.75) is 38.3 Å². The summed E-state index contributed by atoms with van der Waals surface area (Å²) >= 11 is 0. The molecule has 1 heterocycles. The molecule has 1 aliphatic rings. The third-order valence-electron chi connectivity index (χ3n) is 2.21. The van der Waals surface area contributed by atoms with E-state index in [1.165, 1.54) is 0 Å². The molecule has 1 saturated heterocycles. The van der Waals surface area contributed by atoms with Gasteiger partial charge in [0.15, 0.2) is 0 Å². The van der Waals surface area contributed by atoms with Crippen molar-refractivity contribution in [2.75, 3.05) is 13.1 Å². The van der Waals surface area contributed by atoms with Crippen molar-refractivity contribution in [1.82, 2.24) is 4.90 Å². The van der Waals surface area contributed by atoms with E-state index >= 15 is 0 Å². The van der Waals surface area contributed by atoms with Crippen LogP contribution in [0.15, 0.2) is 12.7 Å². The van der Waals surface area contributed by atoms with Crippen molar-refractivity contribution < 1.29 is 9.53 Å². The van der Waals surface area contributed by atoms with Crippen molar-refractivity contribution in [1.29, 1.82) is 0 Å². The molecule has 0 unspecified atom stereocenters. The molecule has 1 rings (SSSR count). The Morgan fingerprint density at radius 2 is 2.13 bits per heavy atom. The van der Waals surface area contributed by atoms with Crippen molar-refractivity contribution in [3.05, 3.63) is 12.7 Å². The van der Waals surface area contributed by atoms with Crippen LogP contribution in [0.25, 0.3) is 0 Å². The van der Waals surface area contributed by atoms with Gasteiger partial charge in [-0.05, 0) is 27.2 Å². The average Bonchev–Trinajstić information content (AvgIpc) is 1.96. The maximum absolute atomic E-state index is 11.6. The van der Waals surface area contributed by atoms with Crippen LogP contribution < -0.4 is 5.73 Å². The molecule has 15 heavy (non-hydrogen) atoms. The number of likely N-dealkylation sites (tertiary alicyclic amines) is 1. The minimum absolute atomic E-state index is 0.285. The standard InChI is InChI=1S/C11H20N2O2/c1-5-6-11(12)7-13(8-11)9(14)15-10(2,3)4/h5H,1,6-8,12H2,2-4H3. The van der Waals surface area contributed by atoms with Gasteiger partial charge < -0.3 is 15.4 Å². The maximum atomic E-state index is 11.6. The summed E-state index contributed by atoms with van der Waals surface area (Å²) in [5.74, 6) is 0. The van der Waals surface area contributed by atoms with E-state index in [0.29, 0.717) is 13.1 Å². The van der Waals surface area contributed by atoms with E-state index in [9.17, 15) is 4.79 Å². The molecule has 1 amide bonds. The van der Waals surface area contributed by atoms with Crippen LogP contribution >= 0.6 is 0 Å². The van der Waals surface area contributed by atoms with Gasteiger partial charge in [0.1, 0.15) is 5.60 Å². The van der Waals surface area contributed by atoms with Gasteiger partial charge in [-0.1, -0.05) is 6.08 Å². The Morgan fingerprint density at radius 1 is 1.60 bits per heavy atom. The fourth-order valence-corrected chi connectivity index (χ4v) is 1.59. The minimum Gasteiger partial charge on any atom is -0.444 e. The molecule has 1 fully saturated rings. The number of hydrogen-bond acceptors (Lipinski definition) is 3. The Balaban J connectivity index is 2.38.